The van der Waals surface area contributed by atoms with Gasteiger partial charge in [0, 0.05) is 23.6 Å². The Morgan fingerprint density at radius 1 is 1.11 bits per heavy atom. The van der Waals surface area contributed by atoms with Gasteiger partial charge in [-0.1, -0.05) is 0 Å². The lowest BCUT2D eigenvalue weighted by molar-refractivity contribution is -0.140. The largest absolute Gasteiger partial charge is 0.507 e. The summed E-state index contributed by atoms with van der Waals surface area (Å²) in [5.74, 6) is 0.472. The summed E-state index contributed by atoms with van der Waals surface area (Å²) in [6.07, 6.45) is 2.23. The van der Waals surface area contributed by atoms with Crippen LogP contribution >= 0.6 is 0 Å². The van der Waals surface area contributed by atoms with E-state index < -0.39 is 17.7 Å². The van der Waals surface area contributed by atoms with Gasteiger partial charge in [-0.15, -0.1) is 0 Å². The van der Waals surface area contributed by atoms with E-state index in [9.17, 15) is 14.7 Å². The molecule has 0 spiro atoms. The summed E-state index contributed by atoms with van der Waals surface area (Å²) in [5, 5.41) is 11.4. The van der Waals surface area contributed by atoms with Crippen LogP contribution in [-0.2, 0) is 22.6 Å². The molecule has 3 aromatic rings. The average molecular weight is 475 g/mol. The molecule has 2 unspecified atom stereocenters. The van der Waals surface area contributed by atoms with E-state index in [4.69, 9.17) is 18.6 Å². The van der Waals surface area contributed by atoms with Crippen LogP contribution in [0.4, 0.5) is 0 Å². The molecule has 180 valence electrons. The zero-order valence-corrected chi connectivity index (χ0v) is 19.6. The number of amides is 1. The summed E-state index contributed by atoms with van der Waals surface area (Å²) in [6.45, 7) is 2.01. The van der Waals surface area contributed by atoms with Gasteiger partial charge in [0.25, 0.3) is 11.7 Å². The maximum absolute atomic E-state index is 13.3. The summed E-state index contributed by atoms with van der Waals surface area (Å²) in [5.41, 5.74) is 1.90. The highest BCUT2D eigenvalue weighted by Crippen LogP contribution is 2.45. The van der Waals surface area contributed by atoms with Gasteiger partial charge in [-0.3, -0.25) is 9.59 Å². The van der Waals surface area contributed by atoms with E-state index in [-0.39, 0.29) is 24.0 Å². The van der Waals surface area contributed by atoms with Crippen LogP contribution in [0.25, 0.3) is 5.76 Å². The highest BCUT2D eigenvalue weighted by atomic mass is 16.5. The van der Waals surface area contributed by atoms with Crippen molar-refractivity contribution in [3.63, 3.8) is 0 Å². The molecule has 3 heterocycles. The topological polar surface area (TPSA) is 98.4 Å². The van der Waals surface area contributed by atoms with Gasteiger partial charge in [-0.25, -0.2) is 0 Å². The van der Waals surface area contributed by atoms with Gasteiger partial charge in [0.2, 0.25) is 0 Å². The molecule has 8 nitrogen and oxygen atoms in total. The third kappa shape index (κ3) is 3.90. The standard InChI is InChI=1S/C27H25NO7/c1-15-11-17-12-16(6-9-21(17)35-15)25(29)23-24(20-8-7-18(32-2)13-22(20)33-3)28(27(31)26(23)30)14-19-5-4-10-34-19/h4-10,12-13,15,24,29H,11,14H2,1-3H3/b25-23+. The van der Waals surface area contributed by atoms with Crippen LogP contribution in [0.3, 0.4) is 0 Å². The van der Waals surface area contributed by atoms with Crippen LogP contribution in [-0.4, -0.2) is 42.0 Å². The van der Waals surface area contributed by atoms with Crippen molar-refractivity contribution >= 4 is 17.4 Å². The minimum Gasteiger partial charge on any atom is -0.507 e. The number of furan rings is 1. The summed E-state index contributed by atoms with van der Waals surface area (Å²) in [4.78, 5) is 27.9. The monoisotopic (exact) mass is 475 g/mol. The Bertz CT molecular complexity index is 1330. The molecule has 1 saturated heterocycles. The first-order valence-corrected chi connectivity index (χ1v) is 11.2. The Morgan fingerprint density at radius 3 is 2.66 bits per heavy atom. The minimum atomic E-state index is -0.899. The lowest BCUT2D eigenvalue weighted by Crippen LogP contribution is -2.29. The number of aliphatic hydroxyl groups excluding tert-OH is 1. The maximum atomic E-state index is 13.3. The van der Waals surface area contributed by atoms with Crippen molar-refractivity contribution in [2.75, 3.05) is 14.2 Å². The second-order valence-electron chi connectivity index (χ2n) is 8.57. The molecule has 0 aliphatic carbocycles. The van der Waals surface area contributed by atoms with Crippen molar-refractivity contribution in [3.05, 3.63) is 82.8 Å². The van der Waals surface area contributed by atoms with Crippen molar-refractivity contribution in [1.29, 1.82) is 0 Å². The normalized spacial score (nSPS) is 20.6. The molecule has 2 aliphatic rings. The van der Waals surface area contributed by atoms with Crippen molar-refractivity contribution < 1.29 is 33.3 Å². The molecule has 1 amide bonds. The van der Waals surface area contributed by atoms with E-state index >= 15 is 0 Å². The molecule has 2 aromatic carbocycles. The second kappa shape index (κ2) is 8.87. The summed E-state index contributed by atoms with van der Waals surface area (Å²) >= 11 is 0. The zero-order valence-electron chi connectivity index (χ0n) is 19.6. The average Bonchev–Trinajstić information content (AvgIpc) is 3.57. The Balaban J connectivity index is 1.67. The molecule has 2 atom stereocenters. The first-order chi connectivity index (χ1) is 16.9. The number of carbonyl (C=O) groups is 2. The fourth-order valence-electron chi connectivity index (χ4n) is 4.71. The SMILES string of the molecule is COc1ccc(C2/C(=C(\O)c3ccc4c(c3)CC(C)O4)C(=O)C(=O)N2Cc2ccco2)c(OC)c1. The molecule has 0 bridgehead atoms. The number of hydrogen-bond donors (Lipinski definition) is 1. The molecule has 2 aliphatic heterocycles. The number of benzene rings is 2. The maximum Gasteiger partial charge on any atom is 0.296 e. The Labute approximate surface area is 202 Å². The van der Waals surface area contributed by atoms with Crippen LogP contribution in [0.1, 0.15) is 35.4 Å². The molecule has 0 saturated carbocycles. The summed E-state index contributed by atoms with van der Waals surface area (Å²) < 4.78 is 22.1. The van der Waals surface area contributed by atoms with Crippen molar-refractivity contribution in [2.45, 2.75) is 32.0 Å². The van der Waals surface area contributed by atoms with E-state index in [2.05, 4.69) is 0 Å². The summed E-state index contributed by atoms with van der Waals surface area (Å²) in [6, 6.07) is 12.9. The molecule has 1 N–H and O–H groups in total. The van der Waals surface area contributed by atoms with E-state index in [1.807, 2.05) is 6.92 Å². The Kier molecular flexibility index (Phi) is 5.72. The van der Waals surface area contributed by atoms with Gasteiger partial charge in [0.15, 0.2) is 0 Å². The van der Waals surface area contributed by atoms with E-state index in [0.29, 0.717) is 34.8 Å². The zero-order chi connectivity index (χ0) is 24.7. The molecule has 8 heteroatoms. The van der Waals surface area contributed by atoms with Crippen LogP contribution in [0.2, 0.25) is 0 Å². The van der Waals surface area contributed by atoms with Gasteiger partial charge >= 0.3 is 0 Å². The molecule has 35 heavy (non-hydrogen) atoms. The number of Topliss-reactive ketones (excluding diaryl/α,β-unsaturated/α-hetero) is 1. The lowest BCUT2D eigenvalue weighted by Gasteiger charge is -2.26. The molecule has 1 aromatic heterocycles. The third-order valence-electron chi connectivity index (χ3n) is 6.35. The number of carbonyl (C=O) groups excluding carboxylic acids is 2. The number of rotatable bonds is 6. The smallest absolute Gasteiger partial charge is 0.296 e. The molecule has 5 rings (SSSR count). The van der Waals surface area contributed by atoms with Crippen molar-refractivity contribution in [1.82, 2.24) is 4.90 Å². The van der Waals surface area contributed by atoms with Gasteiger partial charge in [0.1, 0.15) is 34.9 Å². The van der Waals surface area contributed by atoms with Crippen LogP contribution in [0.5, 0.6) is 17.2 Å². The number of hydrogen-bond acceptors (Lipinski definition) is 7. The second-order valence-corrected chi connectivity index (χ2v) is 8.57. The number of aliphatic hydroxyl groups is 1. The van der Waals surface area contributed by atoms with Crippen molar-refractivity contribution in [2.24, 2.45) is 0 Å². The first-order valence-electron chi connectivity index (χ1n) is 11.2. The molecular formula is C27H25NO7. The van der Waals surface area contributed by atoms with Gasteiger partial charge in [0.05, 0.1) is 38.6 Å². The van der Waals surface area contributed by atoms with Gasteiger partial charge < -0.3 is 28.6 Å². The number of methoxy groups -OCH3 is 2. The van der Waals surface area contributed by atoms with E-state index in [0.717, 1.165) is 11.3 Å². The number of ether oxygens (including phenoxy) is 3. The van der Waals surface area contributed by atoms with Gasteiger partial charge in [-0.2, -0.15) is 0 Å². The lowest BCUT2D eigenvalue weighted by atomic mass is 9.93. The quantitative estimate of drug-likeness (QED) is 0.323. The number of fused-ring (bicyclic) bond motifs is 1. The van der Waals surface area contributed by atoms with Gasteiger partial charge in [-0.05, 0) is 55.0 Å². The fraction of sp³-hybridized carbons (Fsp3) is 0.259. The first kappa shape index (κ1) is 22.6. The predicted molar refractivity (Wildman–Crippen MR) is 126 cm³/mol. The number of nitrogens with zero attached hydrogens (tertiary/aromatic N) is 1. The highest BCUT2D eigenvalue weighted by molar-refractivity contribution is 6.46. The molecule has 0 radical (unpaired) electrons. The van der Waals surface area contributed by atoms with Crippen molar-refractivity contribution in [3.8, 4) is 17.2 Å². The summed E-state index contributed by atoms with van der Waals surface area (Å²) in [7, 11) is 3.04. The third-order valence-corrected chi connectivity index (χ3v) is 6.35. The van der Waals surface area contributed by atoms with Crippen LogP contribution in [0, 0.1) is 0 Å². The van der Waals surface area contributed by atoms with Crippen LogP contribution < -0.4 is 14.2 Å². The Morgan fingerprint density at radius 2 is 1.94 bits per heavy atom. The molecule has 1 fully saturated rings. The minimum absolute atomic E-state index is 0.0167. The highest BCUT2D eigenvalue weighted by Gasteiger charge is 2.47. The predicted octanol–water partition coefficient (Wildman–Crippen LogP) is 4.24. The Hall–Kier alpha value is -4.20. The number of likely N-dealkylation sites (tertiary alicyclic amines) is 1. The van der Waals surface area contributed by atoms with E-state index in [1.165, 1.54) is 25.4 Å². The fourth-order valence-corrected chi connectivity index (χ4v) is 4.71. The van der Waals surface area contributed by atoms with Crippen LogP contribution in [0.15, 0.2) is 64.8 Å². The van der Waals surface area contributed by atoms with E-state index in [1.54, 1.807) is 48.5 Å². The molecular weight excluding hydrogens is 450 g/mol. The number of ketones is 1.